The van der Waals surface area contributed by atoms with Crippen LogP contribution in [0.1, 0.15) is 62.2 Å². The van der Waals surface area contributed by atoms with E-state index in [0.29, 0.717) is 76.8 Å². The third kappa shape index (κ3) is 11.9. The Bertz CT molecular complexity index is 2760. The molecular formula is C49H56N10O11. The maximum Gasteiger partial charge on any atom is 0.262 e. The summed E-state index contributed by atoms with van der Waals surface area (Å²) in [5.41, 5.74) is 7.23. The predicted octanol–water partition coefficient (Wildman–Crippen LogP) is 3.40. The van der Waals surface area contributed by atoms with Crippen molar-refractivity contribution < 1.29 is 52.5 Å². The molecule has 0 saturated carbocycles. The topological polar surface area (TPSA) is 247 Å². The summed E-state index contributed by atoms with van der Waals surface area (Å²) in [6.45, 7) is 7.79. The first-order valence-corrected chi connectivity index (χ1v) is 23.2. The molecule has 3 aliphatic rings. The molecule has 5 aromatic rings. The molecule has 70 heavy (non-hydrogen) atoms. The summed E-state index contributed by atoms with van der Waals surface area (Å²) >= 11 is 0. The van der Waals surface area contributed by atoms with Crippen LogP contribution in [0.4, 0.5) is 23.1 Å². The highest BCUT2D eigenvalue weighted by molar-refractivity contribution is 6.23. The lowest BCUT2D eigenvalue weighted by molar-refractivity contribution is -0.136. The van der Waals surface area contributed by atoms with Crippen LogP contribution in [-0.4, -0.2) is 144 Å². The Kier molecular flexibility index (Phi) is 16.0. The lowest BCUT2D eigenvalue weighted by Gasteiger charge is -2.29. The number of rotatable bonds is 23. The van der Waals surface area contributed by atoms with Gasteiger partial charge in [-0.3, -0.25) is 39.0 Å². The van der Waals surface area contributed by atoms with Crippen molar-refractivity contribution in [1.29, 1.82) is 0 Å². The molecule has 3 aromatic carbocycles. The number of nitrogens with zero attached hydrogens (tertiary/aromatic N) is 6. The molecule has 8 rings (SSSR count). The lowest BCUT2D eigenvalue weighted by Crippen LogP contribution is -2.54. The summed E-state index contributed by atoms with van der Waals surface area (Å²) < 4.78 is 29.5. The molecule has 21 heteroatoms. The Morgan fingerprint density at radius 1 is 0.800 bits per heavy atom. The molecule has 1 atom stereocenters. The first-order chi connectivity index (χ1) is 33.9. The molecule has 21 nitrogen and oxygen atoms in total. The van der Waals surface area contributed by atoms with E-state index in [-0.39, 0.29) is 61.8 Å². The second kappa shape index (κ2) is 22.9. The Morgan fingerprint density at radius 2 is 1.51 bits per heavy atom. The average molecular weight is 961 g/mol. The number of imide groups is 2. The number of nitrogens with one attached hydrogen (secondary N) is 4. The molecule has 4 N–H and O–H groups in total. The van der Waals surface area contributed by atoms with Crippen molar-refractivity contribution in [1.82, 2.24) is 40.2 Å². The van der Waals surface area contributed by atoms with Crippen molar-refractivity contribution in [3.05, 3.63) is 94.2 Å². The van der Waals surface area contributed by atoms with Crippen LogP contribution >= 0.6 is 0 Å². The number of anilines is 4. The fourth-order valence-electron chi connectivity index (χ4n) is 8.38. The number of aryl methyl sites for hydroxylation is 3. The minimum atomic E-state index is -1.07. The molecule has 1 fully saturated rings. The number of hydrogen-bond acceptors (Lipinski definition) is 16. The van der Waals surface area contributed by atoms with Crippen molar-refractivity contribution in [2.75, 3.05) is 83.2 Å². The van der Waals surface area contributed by atoms with Gasteiger partial charge in [0.1, 0.15) is 11.8 Å². The normalized spacial score (nSPS) is 15.5. The third-order valence-corrected chi connectivity index (χ3v) is 12.1. The van der Waals surface area contributed by atoms with Gasteiger partial charge in [0.2, 0.25) is 23.7 Å². The van der Waals surface area contributed by atoms with E-state index in [1.807, 2.05) is 30.1 Å². The van der Waals surface area contributed by atoms with Gasteiger partial charge in [0.25, 0.3) is 17.7 Å². The number of amides is 6. The van der Waals surface area contributed by atoms with E-state index in [9.17, 15) is 28.8 Å². The zero-order valence-electron chi connectivity index (χ0n) is 39.3. The SMILES string of the molecule is Cc1cccc(C)c1Nc1nn(C)c2nc(Nc3ccc4c(c3)CN(C(=O)CCOCCOCCOCCOCCNC(=O)COc3ccc5c(c3)C(=O)N(C3CCC(=O)NC3=O)C5=O)CC4)ncc12. The number of fused-ring (bicyclic) bond motifs is 3. The van der Waals surface area contributed by atoms with Crippen molar-refractivity contribution in [2.24, 2.45) is 7.05 Å². The van der Waals surface area contributed by atoms with Crippen LogP contribution < -0.4 is 26.0 Å². The van der Waals surface area contributed by atoms with Crippen LogP contribution in [0.25, 0.3) is 11.0 Å². The van der Waals surface area contributed by atoms with Gasteiger partial charge in [0.15, 0.2) is 18.1 Å². The molecule has 1 unspecified atom stereocenters. The van der Waals surface area contributed by atoms with Gasteiger partial charge in [-0.15, -0.1) is 0 Å². The summed E-state index contributed by atoms with van der Waals surface area (Å²) in [6.07, 6.45) is 2.88. The number of benzene rings is 3. The molecule has 0 radical (unpaired) electrons. The number of para-hydroxylation sites is 1. The molecule has 0 aliphatic carbocycles. The van der Waals surface area contributed by atoms with E-state index in [4.69, 9.17) is 28.7 Å². The van der Waals surface area contributed by atoms with E-state index in [1.165, 1.54) is 23.8 Å². The van der Waals surface area contributed by atoms with Crippen LogP contribution in [0, 0.1) is 13.8 Å². The largest absolute Gasteiger partial charge is 0.484 e. The van der Waals surface area contributed by atoms with Gasteiger partial charge in [-0.25, -0.2) is 9.67 Å². The standard InChI is InChI=1S/C49H56N10O11/c1-30-5-4-6-31(2)43(30)54-44-38-27-51-49(55-45(38)57(3)56-44)52-34-8-7-32-13-16-58(28-33(32)25-34)42(62)14-17-66-19-21-68-23-24-69-22-20-67-18-15-50-41(61)29-70-35-9-10-36-37(26-35)48(65)59(47(36)64)39-11-12-40(60)53-46(39)63/h4-10,25-27,39H,11-24,28-29H2,1-3H3,(H,50,61)(H,54,56)(H,51,52,55)(H,53,60,63). The summed E-state index contributed by atoms with van der Waals surface area (Å²) in [4.78, 5) is 87.1. The smallest absolute Gasteiger partial charge is 0.262 e. The van der Waals surface area contributed by atoms with Crippen molar-refractivity contribution in [3.8, 4) is 5.75 Å². The second-order valence-electron chi connectivity index (χ2n) is 17.0. The fourth-order valence-corrected chi connectivity index (χ4v) is 8.38. The Labute approximate surface area is 403 Å². The lowest BCUT2D eigenvalue weighted by atomic mass is 9.99. The Balaban J connectivity index is 0.638. The van der Waals surface area contributed by atoms with Crippen LogP contribution in [0.15, 0.2) is 60.8 Å². The number of ether oxygens (including phenoxy) is 5. The second-order valence-corrected chi connectivity index (χ2v) is 17.0. The molecule has 0 bridgehead atoms. The van der Waals surface area contributed by atoms with Crippen LogP contribution in [0.5, 0.6) is 5.75 Å². The first-order valence-electron chi connectivity index (χ1n) is 23.2. The van der Waals surface area contributed by atoms with Gasteiger partial charge in [-0.1, -0.05) is 24.3 Å². The number of carbonyl (C=O) groups excluding carboxylic acids is 6. The zero-order chi connectivity index (χ0) is 49.1. The fraction of sp³-hybridized carbons (Fsp3) is 0.408. The van der Waals surface area contributed by atoms with Crippen molar-refractivity contribution >= 4 is 69.6 Å². The van der Waals surface area contributed by atoms with Crippen LogP contribution in [0.3, 0.4) is 0 Å². The maximum absolute atomic E-state index is 13.1. The maximum atomic E-state index is 13.1. The van der Waals surface area contributed by atoms with Crippen LogP contribution in [-0.2, 0) is 58.1 Å². The number of carbonyl (C=O) groups is 6. The van der Waals surface area contributed by atoms with E-state index in [0.717, 1.165) is 44.8 Å². The van der Waals surface area contributed by atoms with Gasteiger partial charge in [-0.2, -0.15) is 10.1 Å². The summed E-state index contributed by atoms with van der Waals surface area (Å²) in [5.74, 6) is -1.49. The average Bonchev–Trinajstić information content (AvgIpc) is 3.79. The molecule has 2 aromatic heterocycles. The molecule has 5 heterocycles. The van der Waals surface area contributed by atoms with Gasteiger partial charge in [0.05, 0.1) is 75.8 Å². The number of piperidine rings is 1. The Morgan fingerprint density at radius 3 is 2.26 bits per heavy atom. The highest BCUT2D eigenvalue weighted by atomic mass is 16.6. The number of hydrogen-bond donors (Lipinski definition) is 4. The van der Waals surface area contributed by atoms with E-state index >= 15 is 0 Å². The van der Waals surface area contributed by atoms with Crippen LogP contribution in [0.2, 0.25) is 0 Å². The molecule has 1 saturated heterocycles. The van der Waals surface area contributed by atoms with E-state index in [1.54, 1.807) is 10.9 Å². The number of aromatic nitrogens is 4. The van der Waals surface area contributed by atoms with Gasteiger partial charge in [0, 0.05) is 50.7 Å². The molecular weight excluding hydrogens is 905 g/mol. The molecule has 368 valence electrons. The minimum Gasteiger partial charge on any atom is -0.484 e. The minimum absolute atomic E-state index is 0.0215. The molecule has 0 spiro atoms. The van der Waals surface area contributed by atoms with E-state index in [2.05, 4.69) is 63.4 Å². The van der Waals surface area contributed by atoms with Gasteiger partial charge >= 0.3 is 0 Å². The summed E-state index contributed by atoms with van der Waals surface area (Å²) in [5, 5.41) is 17.1. The molecule has 6 amide bonds. The highest BCUT2D eigenvalue weighted by Gasteiger charge is 2.44. The van der Waals surface area contributed by atoms with Gasteiger partial charge in [-0.05, 0) is 79.3 Å². The third-order valence-electron chi connectivity index (χ3n) is 12.1. The van der Waals surface area contributed by atoms with Crippen molar-refractivity contribution in [2.45, 2.75) is 52.1 Å². The van der Waals surface area contributed by atoms with E-state index < -0.39 is 35.6 Å². The summed E-state index contributed by atoms with van der Waals surface area (Å²) in [7, 11) is 1.86. The Hall–Kier alpha value is -7.33. The summed E-state index contributed by atoms with van der Waals surface area (Å²) in [6, 6.07) is 15.5. The molecule has 3 aliphatic heterocycles. The van der Waals surface area contributed by atoms with Gasteiger partial charge < -0.3 is 44.5 Å². The quantitative estimate of drug-likeness (QED) is 0.0541. The zero-order valence-corrected chi connectivity index (χ0v) is 39.3. The van der Waals surface area contributed by atoms with Crippen molar-refractivity contribution in [3.63, 3.8) is 0 Å². The monoisotopic (exact) mass is 960 g/mol. The predicted molar refractivity (Wildman–Crippen MR) is 254 cm³/mol. The highest BCUT2D eigenvalue weighted by Crippen LogP contribution is 2.32. The first kappa shape index (κ1) is 49.1.